The zero-order valence-electron chi connectivity index (χ0n) is 13.9. The molecule has 2 fully saturated rings. The van der Waals surface area contributed by atoms with Crippen LogP contribution in [0.5, 0.6) is 0 Å². The maximum atomic E-state index is 12.3. The van der Waals surface area contributed by atoms with Crippen LogP contribution in [0.15, 0.2) is 0 Å². The summed E-state index contributed by atoms with van der Waals surface area (Å²) in [5, 5.41) is 6.63. The van der Waals surface area contributed by atoms with Crippen LogP contribution in [0.25, 0.3) is 0 Å². The highest BCUT2D eigenvalue weighted by Crippen LogP contribution is 2.33. The highest BCUT2D eigenvalue weighted by molar-refractivity contribution is 5.82. The van der Waals surface area contributed by atoms with Crippen LogP contribution >= 0.6 is 0 Å². The van der Waals surface area contributed by atoms with Gasteiger partial charge < -0.3 is 15.4 Å². The maximum Gasteiger partial charge on any atom is 0.237 e. The van der Waals surface area contributed by atoms with Crippen molar-refractivity contribution >= 4 is 5.91 Å². The zero-order chi connectivity index (χ0) is 15.2. The smallest absolute Gasteiger partial charge is 0.237 e. The van der Waals surface area contributed by atoms with Gasteiger partial charge in [-0.15, -0.1) is 0 Å². The maximum absolute atomic E-state index is 12.3. The van der Waals surface area contributed by atoms with Crippen molar-refractivity contribution in [3.05, 3.63) is 0 Å². The molecule has 0 bridgehead atoms. The average molecular weight is 296 g/mol. The Morgan fingerprint density at radius 1 is 1.33 bits per heavy atom. The molecule has 21 heavy (non-hydrogen) atoms. The summed E-state index contributed by atoms with van der Waals surface area (Å²) in [5.74, 6) is 1.40. The van der Waals surface area contributed by atoms with Gasteiger partial charge in [0.25, 0.3) is 0 Å². The predicted molar refractivity (Wildman–Crippen MR) is 85.2 cm³/mol. The summed E-state index contributed by atoms with van der Waals surface area (Å²) in [5.41, 5.74) is 0. The fourth-order valence-electron chi connectivity index (χ4n) is 3.81. The molecule has 0 radical (unpaired) electrons. The molecule has 2 rings (SSSR count). The second-order valence-corrected chi connectivity index (χ2v) is 6.92. The van der Waals surface area contributed by atoms with Gasteiger partial charge in [0.2, 0.25) is 5.91 Å². The molecule has 0 aromatic rings. The Morgan fingerprint density at radius 2 is 2.10 bits per heavy atom. The van der Waals surface area contributed by atoms with Gasteiger partial charge in [-0.1, -0.05) is 26.7 Å². The Hall–Kier alpha value is -0.610. The van der Waals surface area contributed by atoms with E-state index in [1.54, 1.807) is 0 Å². The topological polar surface area (TPSA) is 50.4 Å². The SMILES string of the molecule is CCOC(CCNC(=O)C1CC2CCCCC2N1)C(C)C. The number of carbonyl (C=O) groups excluding carboxylic acids is 1. The van der Waals surface area contributed by atoms with E-state index in [0.717, 1.165) is 31.9 Å². The third kappa shape index (κ3) is 4.68. The van der Waals surface area contributed by atoms with E-state index >= 15 is 0 Å². The van der Waals surface area contributed by atoms with Crippen LogP contribution in [0, 0.1) is 11.8 Å². The quantitative estimate of drug-likeness (QED) is 0.759. The molecular weight excluding hydrogens is 264 g/mol. The first-order chi connectivity index (χ1) is 10.1. The Kier molecular flexibility index (Phi) is 6.49. The predicted octanol–water partition coefficient (Wildman–Crippen LogP) is 2.47. The molecule has 2 aliphatic rings. The van der Waals surface area contributed by atoms with Crippen LogP contribution in [0.3, 0.4) is 0 Å². The van der Waals surface area contributed by atoms with Crippen molar-refractivity contribution < 1.29 is 9.53 Å². The number of nitrogens with one attached hydrogen (secondary N) is 2. The van der Waals surface area contributed by atoms with Gasteiger partial charge in [0.1, 0.15) is 0 Å². The number of amides is 1. The van der Waals surface area contributed by atoms with E-state index in [2.05, 4.69) is 24.5 Å². The van der Waals surface area contributed by atoms with E-state index in [1.165, 1.54) is 25.7 Å². The number of carbonyl (C=O) groups is 1. The standard InChI is InChI=1S/C17H32N2O2/c1-4-21-16(12(2)3)9-10-18-17(20)15-11-13-7-5-6-8-14(13)19-15/h12-16,19H,4-11H2,1-3H3,(H,18,20). The molecule has 0 aromatic heterocycles. The van der Waals surface area contributed by atoms with Crippen LogP contribution in [-0.2, 0) is 9.53 Å². The van der Waals surface area contributed by atoms with Gasteiger partial charge in [-0.2, -0.15) is 0 Å². The fraction of sp³-hybridized carbons (Fsp3) is 0.941. The zero-order valence-corrected chi connectivity index (χ0v) is 13.9. The van der Waals surface area contributed by atoms with Crippen LogP contribution in [0.1, 0.15) is 59.3 Å². The van der Waals surface area contributed by atoms with E-state index in [4.69, 9.17) is 4.74 Å². The minimum Gasteiger partial charge on any atom is -0.378 e. The van der Waals surface area contributed by atoms with E-state index in [1.807, 2.05) is 6.92 Å². The first kappa shape index (κ1) is 16.8. The van der Waals surface area contributed by atoms with Crippen molar-refractivity contribution in [2.24, 2.45) is 11.8 Å². The Labute approximate surface area is 129 Å². The van der Waals surface area contributed by atoms with Gasteiger partial charge in [0, 0.05) is 19.2 Å². The number of hydrogen-bond donors (Lipinski definition) is 2. The average Bonchev–Trinajstić information content (AvgIpc) is 2.90. The minimum atomic E-state index is 0.0303. The normalized spacial score (nSPS) is 30.2. The van der Waals surface area contributed by atoms with Gasteiger partial charge in [-0.3, -0.25) is 4.79 Å². The van der Waals surface area contributed by atoms with Gasteiger partial charge in [0.05, 0.1) is 12.1 Å². The number of hydrogen-bond acceptors (Lipinski definition) is 3. The molecular formula is C17H32N2O2. The second kappa shape index (κ2) is 8.14. The molecule has 1 aliphatic carbocycles. The molecule has 0 aromatic carbocycles. The Morgan fingerprint density at radius 3 is 2.76 bits per heavy atom. The second-order valence-electron chi connectivity index (χ2n) is 6.92. The van der Waals surface area contributed by atoms with Crippen molar-refractivity contribution in [1.82, 2.24) is 10.6 Å². The lowest BCUT2D eigenvalue weighted by molar-refractivity contribution is -0.123. The van der Waals surface area contributed by atoms with E-state index in [9.17, 15) is 4.79 Å². The van der Waals surface area contributed by atoms with Crippen LogP contribution in [0.2, 0.25) is 0 Å². The molecule has 4 unspecified atom stereocenters. The highest BCUT2D eigenvalue weighted by atomic mass is 16.5. The minimum absolute atomic E-state index is 0.0303. The Bertz CT molecular complexity index is 319. The summed E-state index contributed by atoms with van der Waals surface area (Å²) < 4.78 is 5.72. The van der Waals surface area contributed by atoms with Crippen molar-refractivity contribution in [3.63, 3.8) is 0 Å². The van der Waals surface area contributed by atoms with Gasteiger partial charge in [-0.25, -0.2) is 0 Å². The largest absolute Gasteiger partial charge is 0.378 e. The summed E-state index contributed by atoms with van der Waals surface area (Å²) in [7, 11) is 0. The van der Waals surface area contributed by atoms with E-state index in [-0.39, 0.29) is 18.1 Å². The summed E-state index contributed by atoms with van der Waals surface area (Å²) in [4.78, 5) is 12.3. The lowest BCUT2D eigenvalue weighted by Gasteiger charge is -2.24. The number of ether oxygens (including phenoxy) is 1. The van der Waals surface area contributed by atoms with Crippen molar-refractivity contribution in [2.45, 2.75) is 77.5 Å². The Balaban J connectivity index is 1.70. The lowest BCUT2D eigenvalue weighted by Crippen LogP contribution is -2.44. The molecule has 122 valence electrons. The first-order valence-electron chi connectivity index (χ1n) is 8.77. The van der Waals surface area contributed by atoms with Gasteiger partial charge >= 0.3 is 0 Å². The van der Waals surface area contributed by atoms with Crippen molar-refractivity contribution in [1.29, 1.82) is 0 Å². The number of fused-ring (bicyclic) bond motifs is 1. The molecule has 4 atom stereocenters. The molecule has 1 aliphatic heterocycles. The van der Waals surface area contributed by atoms with E-state index < -0.39 is 0 Å². The van der Waals surface area contributed by atoms with Crippen molar-refractivity contribution in [2.75, 3.05) is 13.2 Å². The van der Waals surface area contributed by atoms with Crippen molar-refractivity contribution in [3.8, 4) is 0 Å². The fourth-order valence-corrected chi connectivity index (χ4v) is 3.81. The van der Waals surface area contributed by atoms with E-state index in [0.29, 0.717) is 12.0 Å². The summed E-state index contributed by atoms with van der Waals surface area (Å²) in [6, 6.07) is 0.615. The molecule has 1 saturated carbocycles. The first-order valence-corrected chi connectivity index (χ1v) is 8.77. The van der Waals surface area contributed by atoms with Crippen LogP contribution in [0.4, 0.5) is 0 Å². The molecule has 4 heteroatoms. The molecule has 1 heterocycles. The number of rotatable bonds is 7. The molecule has 2 N–H and O–H groups in total. The summed E-state index contributed by atoms with van der Waals surface area (Å²) in [6.45, 7) is 7.83. The van der Waals surface area contributed by atoms with Gasteiger partial charge in [0.15, 0.2) is 0 Å². The van der Waals surface area contributed by atoms with Crippen LogP contribution < -0.4 is 10.6 Å². The van der Waals surface area contributed by atoms with Crippen LogP contribution in [-0.4, -0.2) is 37.2 Å². The summed E-state index contributed by atoms with van der Waals surface area (Å²) >= 11 is 0. The lowest BCUT2D eigenvalue weighted by atomic mass is 9.85. The summed E-state index contributed by atoms with van der Waals surface area (Å²) in [6.07, 6.45) is 7.35. The third-order valence-electron chi connectivity index (χ3n) is 5.03. The third-order valence-corrected chi connectivity index (χ3v) is 5.03. The monoisotopic (exact) mass is 296 g/mol. The highest BCUT2D eigenvalue weighted by Gasteiger charge is 2.37. The molecule has 1 saturated heterocycles. The van der Waals surface area contributed by atoms with Gasteiger partial charge in [-0.05, 0) is 44.4 Å². The molecule has 0 spiro atoms. The molecule has 4 nitrogen and oxygen atoms in total. The molecule has 1 amide bonds.